The third kappa shape index (κ3) is 4.59. The highest BCUT2D eigenvalue weighted by atomic mass is 35.5. The summed E-state index contributed by atoms with van der Waals surface area (Å²) >= 11 is 12.7. The smallest absolute Gasteiger partial charge is 0.312 e. The van der Waals surface area contributed by atoms with Crippen LogP contribution in [0.4, 0.5) is 10.1 Å². The van der Waals surface area contributed by atoms with Crippen LogP contribution in [0.25, 0.3) is 0 Å². The Morgan fingerprint density at radius 2 is 1.77 bits per heavy atom. The first kappa shape index (κ1) is 27.9. The van der Waals surface area contributed by atoms with Gasteiger partial charge in [-0.15, -0.1) is 0 Å². The zero-order valence-corrected chi connectivity index (χ0v) is 23.5. The number of piperidine rings is 1. The van der Waals surface area contributed by atoms with E-state index in [1.807, 2.05) is 0 Å². The second-order valence-electron chi connectivity index (χ2n) is 10.9. The van der Waals surface area contributed by atoms with Crippen LogP contribution in [0.5, 0.6) is 5.75 Å². The van der Waals surface area contributed by atoms with E-state index in [4.69, 9.17) is 27.9 Å². The summed E-state index contributed by atoms with van der Waals surface area (Å²) < 4.78 is 20.7. The number of carbonyl (C=O) groups excluding carboxylic acids is 2. The Balaban J connectivity index is 1.77. The summed E-state index contributed by atoms with van der Waals surface area (Å²) in [6, 6.07) is 13.2. The molecule has 1 saturated heterocycles. The number of fused-ring (bicyclic) bond motifs is 2. The topological polar surface area (TPSA) is 105 Å². The first-order chi connectivity index (χ1) is 18.8. The van der Waals surface area contributed by atoms with Crippen LogP contribution < -0.4 is 15.4 Å². The molecule has 0 aromatic heterocycles. The van der Waals surface area contributed by atoms with Crippen LogP contribution in [0.3, 0.4) is 0 Å². The van der Waals surface area contributed by atoms with E-state index in [1.165, 1.54) is 26.0 Å². The lowest BCUT2D eigenvalue weighted by Gasteiger charge is -2.47. The molecule has 2 aliphatic rings. The van der Waals surface area contributed by atoms with E-state index < -0.39 is 40.5 Å². The van der Waals surface area contributed by atoms with Gasteiger partial charge in [-0.05, 0) is 79.9 Å². The number of carboxylic acids is 1. The average Bonchev–Trinajstić information content (AvgIpc) is 3.17. The fourth-order valence-electron chi connectivity index (χ4n) is 5.69. The summed E-state index contributed by atoms with van der Waals surface area (Å²) in [5.41, 5.74) is -0.00182. The Hall–Kier alpha value is -3.62. The number of aliphatic carboxylic acids is 1. The quantitative estimate of drug-likeness (QED) is 0.321. The number of carbonyl (C=O) groups is 3. The van der Waals surface area contributed by atoms with Crippen LogP contribution in [-0.2, 0) is 19.8 Å². The zero-order chi connectivity index (χ0) is 29.0. The van der Waals surface area contributed by atoms with Crippen molar-refractivity contribution >= 4 is 46.7 Å². The van der Waals surface area contributed by atoms with Crippen molar-refractivity contribution in [2.24, 2.45) is 5.41 Å². The molecule has 0 unspecified atom stereocenters. The van der Waals surface area contributed by atoms with Crippen LogP contribution >= 0.6 is 23.2 Å². The maximum absolute atomic E-state index is 14.6. The number of rotatable bonds is 6. The van der Waals surface area contributed by atoms with Crippen molar-refractivity contribution in [1.82, 2.24) is 5.32 Å². The predicted molar refractivity (Wildman–Crippen MR) is 150 cm³/mol. The maximum Gasteiger partial charge on any atom is 0.312 e. The van der Waals surface area contributed by atoms with Crippen LogP contribution in [0.2, 0.25) is 10.0 Å². The summed E-state index contributed by atoms with van der Waals surface area (Å²) in [5.74, 6) is -2.83. The first-order valence-corrected chi connectivity index (χ1v) is 13.4. The largest absolute Gasteiger partial charge is 0.492 e. The van der Waals surface area contributed by atoms with Crippen LogP contribution in [0.15, 0.2) is 54.6 Å². The van der Waals surface area contributed by atoms with Crippen LogP contribution in [-0.4, -0.2) is 29.5 Å². The van der Waals surface area contributed by atoms with Gasteiger partial charge in [-0.2, -0.15) is 0 Å². The summed E-state index contributed by atoms with van der Waals surface area (Å²) in [6.45, 7) is 4.69. The molecule has 10 heteroatoms. The van der Waals surface area contributed by atoms with Gasteiger partial charge in [-0.25, -0.2) is 4.39 Å². The van der Waals surface area contributed by atoms with Crippen molar-refractivity contribution in [2.75, 3.05) is 11.9 Å². The SMILES string of the molecule is Cc1ccc(F)cc1[C@@H]1NC(=O)C[C@H](c2cc(Cl)ccc2OCC(C)(C)C(=O)O)[C@@]12C(=O)Nc1cc(Cl)ccc12. The molecular weight excluding hydrogens is 558 g/mol. The average molecular weight is 585 g/mol. The summed E-state index contributed by atoms with van der Waals surface area (Å²) in [6.07, 6.45) is -0.112. The Bertz CT molecular complexity index is 1560. The number of hydrogen-bond acceptors (Lipinski definition) is 4. The molecule has 3 aromatic rings. The number of ether oxygens (including phenoxy) is 1. The van der Waals surface area contributed by atoms with Gasteiger partial charge in [0, 0.05) is 33.6 Å². The molecule has 40 heavy (non-hydrogen) atoms. The Kier molecular flexibility index (Phi) is 7.04. The highest BCUT2D eigenvalue weighted by molar-refractivity contribution is 6.31. The van der Waals surface area contributed by atoms with Crippen molar-refractivity contribution in [2.45, 2.75) is 44.6 Å². The second-order valence-corrected chi connectivity index (χ2v) is 11.8. The molecule has 2 aliphatic heterocycles. The minimum absolute atomic E-state index is 0.112. The number of anilines is 1. The number of halogens is 3. The normalized spacial score (nSPS) is 22.1. The van der Waals surface area contributed by atoms with Crippen molar-refractivity contribution in [3.63, 3.8) is 0 Å². The molecule has 0 saturated carbocycles. The molecule has 0 radical (unpaired) electrons. The molecule has 1 fully saturated rings. The number of benzene rings is 3. The van der Waals surface area contributed by atoms with E-state index in [9.17, 15) is 23.9 Å². The Labute approximate surface area is 240 Å². The van der Waals surface area contributed by atoms with Gasteiger partial charge in [-0.3, -0.25) is 14.4 Å². The van der Waals surface area contributed by atoms with Gasteiger partial charge in [0.05, 0.1) is 11.5 Å². The van der Waals surface area contributed by atoms with Crippen LogP contribution in [0.1, 0.15) is 54.5 Å². The van der Waals surface area contributed by atoms with E-state index in [0.29, 0.717) is 43.7 Å². The van der Waals surface area contributed by atoms with Gasteiger partial charge in [0.15, 0.2) is 0 Å². The van der Waals surface area contributed by atoms with E-state index in [-0.39, 0.29) is 18.9 Å². The lowest BCUT2D eigenvalue weighted by atomic mass is 9.59. The minimum Gasteiger partial charge on any atom is -0.492 e. The van der Waals surface area contributed by atoms with Gasteiger partial charge in [0.1, 0.15) is 23.6 Å². The molecule has 1 spiro atoms. The second kappa shape index (κ2) is 10.1. The van der Waals surface area contributed by atoms with Crippen molar-refractivity contribution in [3.8, 4) is 5.75 Å². The van der Waals surface area contributed by atoms with Crippen molar-refractivity contribution in [3.05, 3.63) is 92.7 Å². The van der Waals surface area contributed by atoms with Crippen LogP contribution in [0, 0.1) is 18.2 Å². The molecule has 208 valence electrons. The molecule has 2 amide bonds. The lowest BCUT2D eigenvalue weighted by Crippen LogP contribution is -2.57. The monoisotopic (exact) mass is 584 g/mol. The van der Waals surface area contributed by atoms with E-state index in [1.54, 1.807) is 49.4 Å². The van der Waals surface area contributed by atoms with Gasteiger partial charge < -0.3 is 20.5 Å². The number of amides is 2. The Morgan fingerprint density at radius 3 is 2.50 bits per heavy atom. The molecular formula is C30H27Cl2FN2O5. The molecule has 0 bridgehead atoms. The molecule has 3 aromatic carbocycles. The van der Waals surface area contributed by atoms with E-state index in [2.05, 4.69) is 10.6 Å². The third-order valence-electron chi connectivity index (χ3n) is 7.82. The third-order valence-corrected chi connectivity index (χ3v) is 8.29. The van der Waals surface area contributed by atoms with Gasteiger partial charge >= 0.3 is 5.97 Å². The van der Waals surface area contributed by atoms with E-state index >= 15 is 0 Å². The first-order valence-electron chi connectivity index (χ1n) is 12.7. The molecule has 0 aliphatic carbocycles. The fourth-order valence-corrected chi connectivity index (χ4v) is 6.04. The fraction of sp³-hybridized carbons (Fsp3) is 0.300. The highest BCUT2D eigenvalue weighted by Crippen LogP contribution is 2.59. The van der Waals surface area contributed by atoms with Gasteiger partial charge in [0.25, 0.3) is 0 Å². The number of aryl methyl sites for hydroxylation is 1. The minimum atomic E-state index is -1.45. The molecule has 7 nitrogen and oxygen atoms in total. The molecule has 5 rings (SSSR count). The van der Waals surface area contributed by atoms with Crippen molar-refractivity contribution in [1.29, 1.82) is 0 Å². The molecule has 3 N–H and O–H groups in total. The summed E-state index contributed by atoms with van der Waals surface area (Å²) in [5, 5.41) is 16.3. The highest BCUT2D eigenvalue weighted by Gasteiger charge is 2.62. The molecule has 2 heterocycles. The predicted octanol–water partition coefficient (Wildman–Crippen LogP) is 6.17. The maximum atomic E-state index is 14.6. The number of hydrogen-bond donors (Lipinski definition) is 3. The van der Waals surface area contributed by atoms with Crippen molar-refractivity contribution < 1.29 is 28.6 Å². The standard InChI is InChI=1S/C30H27Cl2FN2O5/c1-15-4-7-18(33)12-19(15)26-30(21-8-5-17(32)11-23(21)34-27(30)37)22(13-25(36)35-26)20-10-16(31)6-9-24(20)40-14-29(2,3)28(38)39/h4-12,22,26H,13-14H2,1-3H3,(H,34,37)(H,35,36)(H,38,39)/t22-,26+,30-/m1/s1. The summed E-state index contributed by atoms with van der Waals surface area (Å²) in [7, 11) is 0. The molecule has 3 atom stereocenters. The zero-order valence-electron chi connectivity index (χ0n) is 22.0. The van der Waals surface area contributed by atoms with E-state index in [0.717, 1.165) is 0 Å². The van der Waals surface area contributed by atoms with Gasteiger partial charge in [-0.1, -0.05) is 35.3 Å². The Morgan fingerprint density at radius 1 is 1.07 bits per heavy atom. The summed E-state index contributed by atoms with van der Waals surface area (Å²) in [4.78, 5) is 39.3. The number of carboxylic acid groups (broad SMARTS) is 1. The number of nitrogens with one attached hydrogen (secondary N) is 2. The lowest BCUT2D eigenvalue weighted by molar-refractivity contribution is -0.148. The van der Waals surface area contributed by atoms with Gasteiger partial charge in [0.2, 0.25) is 11.8 Å².